The average molecular weight is 780 g/mol. The van der Waals surface area contributed by atoms with E-state index >= 15 is 0 Å². The van der Waals surface area contributed by atoms with Gasteiger partial charge < -0.3 is 45.9 Å². The maximum atomic E-state index is 14.8. The SMILES string of the molecule is C=CCNC(=O)C(=O)C(CCC)NC(=O)[C@@H]1C[C@@H](OC(N)O)CN1C(=O)[C@@H](NC(=O)N[C@H](CNC(O)CC(C)(C)CC(C)=O)C(C)(C)C)C1(C)CCCCC1. The summed E-state index contributed by atoms with van der Waals surface area (Å²) in [4.78, 5) is 81.2. The number of aliphatic hydroxyl groups excluding tert-OH is 2. The van der Waals surface area contributed by atoms with Crippen LogP contribution in [0.3, 0.4) is 0 Å². The molecular weight excluding hydrogens is 710 g/mol. The number of hydrogen-bond donors (Lipinski definition) is 8. The molecule has 2 aliphatic rings. The van der Waals surface area contributed by atoms with Crippen LogP contribution in [0.25, 0.3) is 0 Å². The van der Waals surface area contributed by atoms with Gasteiger partial charge in [0.1, 0.15) is 24.1 Å². The van der Waals surface area contributed by atoms with E-state index in [0.717, 1.165) is 19.3 Å². The van der Waals surface area contributed by atoms with Gasteiger partial charge in [0, 0.05) is 38.5 Å². The van der Waals surface area contributed by atoms with E-state index in [4.69, 9.17) is 10.5 Å². The van der Waals surface area contributed by atoms with Crippen LogP contribution in [-0.4, -0.2) is 113 Å². The highest BCUT2D eigenvalue weighted by Gasteiger charge is 2.49. The van der Waals surface area contributed by atoms with Crippen LogP contribution in [0.4, 0.5) is 4.79 Å². The zero-order valence-electron chi connectivity index (χ0n) is 34.3. The topological polar surface area (TPSA) is 242 Å². The summed E-state index contributed by atoms with van der Waals surface area (Å²) in [6, 6.07) is -4.51. The minimum Gasteiger partial charge on any atom is -0.379 e. The summed E-state index contributed by atoms with van der Waals surface area (Å²) < 4.78 is 5.45. The Hall–Kier alpha value is -3.44. The number of ketones is 2. The summed E-state index contributed by atoms with van der Waals surface area (Å²) in [6.07, 6.45) is 3.10. The summed E-state index contributed by atoms with van der Waals surface area (Å²) in [6.45, 7) is 18.6. The number of ether oxygens (including phenoxy) is 1. The van der Waals surface area contributed by atoms with Gasteiger partial charge >= 0.3 is 6.03 Å². The van der Waals surface area contributed by atoms with Crippen molar-refractivity contribution in [2.45, 2.75) is 163 Å². The first kappa shape index (κ1) is 47.7. The van der Waals surface area contributed by atoms with Crippen LogP contribution in [0.5, 0.6) is 0 Å². The third-order valence-corrected chi connectivity index (χ3v) is 10.6. The first-order valence-corrected chi connectivity index (χ1v) is 19.6. The largest absolute Gasteiger partial charge is 0.379 e. The van der Waals surface area contributed by atoms with Gasteiger partial charge in [-0.3, -0.25) is 30.2 Å². The summed E-state index contributed by atoms with van der Waals surface area (Å²) in [5, 5.41) is 34.8. The first-order valence-electron chi connectivity index (χ1n) is 19.6. The van der Waals surface area contributed by atoms with Crippen molar-refractivity contribution < 1.29 is 43.7 Å². The fourth-order valence-corrected chi connectivity index (χ4v) is 7.67. The van der Waals surface area contributed by atoms with Gasteiger partial charge in [0.25, 0.3) is 5.91 Å². The molecule has 0 spiro atoms. The predicted molar refractivity (Wildman–Crippen MR) is 208 cm³/mol. The number of nitrogens with one attached hydrogen (secondary N) is 5. The predicted octanol–water partition coefficient (Wildman–Crippen LogP) is 1.72. The van der Waals surface area contributed by atoms with Gasteiger partial charge in [-0.2, -0.15) is 0 Å². The molecule has 2 fully saturated rings. The molecule has 0 bridgehead atoms. The molecule has 7 atom stereocenters. The van der Waals surface area contributed by atoms with Gasteiger partial charge in [0.05, 0.1) is 12.1 Å². The maximum Gasteiger partial charge on any atom is 0.315 e. The zero-order chi connectivity index (χ0) is 41.7. The number of nitrogens with zero attached hydrogens (tertiary/aromatic N) is 1. The van der Waals surface area contributed by atoms with E-state index in [1.54, 1.807) is 6.92 Å². The number of nitrogens with two attached hydrogens (primary N) is 1. The Kier molecular flexibility index (Phi) is 18.4. The van der Waals surface area contributed by atoms with Crippen LogP contribution >= 0.6 is 0 Å². The summed E-state index contributed by atoms with van der Waals surface area (Å²) >= 11 is 0. The van der Waals surface area contributed by atoms with Gasteiger partial charge in [0.15, 0.2) is 0 Å². The maximum absolute atomic E-state index is 14.8. The van der Waals surface area contributed by atoms with Crippen molar-refractivity contribution in [3.8, 4) is 0 Å². The molecule has 1 saturated carbocycles. The van der Waals surface area contributed by atoms with E-state index < -0.39 is 88.7 Å². The highest BCUT2D eigenvalue weighted by atomic mass is 16.6. The lowest BCUT2D eigenvalue weighted by molar-refractivity contribution is -0.145. The normalized spacial score (nSPS) is 21.3. The van der Waals surface area contributed by atoms with Crippen LogP contribution in [0.1, 0.15) is 120 Å². The van der Waals surface area contributed by atoms with Crippen molar-refractivity contribution in [1.29, 1.82) is 0 Å². The molecule has 9 N–H and O–H groups in total. The molecule has 1 aliphatic heterocycles. The molecular formula is C39H69N7O9. The van der Waals surface area contributed by atoms with Gasteiger partial charge in [-0.25, -0.2) is 4.79 Å². The van der Waals surface area contributed by atoms with Gasteiger partial charge in [0.2, 0.25) is 24.0 Å². The van der Waals surface area contributed by atoms with Crippen LogP contribution in [0.2, 0.25) is 0 Å². The Morgan fingerprint density at radius 2 is 1.65 bits per heavy atom. The molecule has 55 heavy (non-hydrogen) atoms. The molecule has 2 rings (SSSR count). The van der Waals surface area contributed by atoms with Gasteiger partial charge in [-0.05, 0) is 48.9 Å². The van der Waals surface area contributed by atoms with Crippen molar-refractivity contribution >= 4 is 35.3 Å². The highest BCUT2D eigenvalue weighted by Crippen LogP contribution is 2.40. The minimum atomic E-state index is -1.68. The number of hydrogen-bond acceptors (Lipinski definition) is 11. The quantitative estimate of drug-likeness (QED) is 0.0474. The van der Waals surface area contributed by atoms with Crippen LogP contribution in [0.15, 0.2) is 12.7 Å². The third kappa shape index (κ3) is 15.2. The number of amides is 5. The second-order valence-corrected chi connectivity index (χ2v) is 17.5. The van der Waals surface area contributed by atoms with Crippen LogP contribution in [0, 0.1) is 16.2 Å². The fourth-order valence-electron chi connectivity index (χ4n) is 7.67. The number of rotatable bonds is 21. The number of carbonyl (C=O) groups is 6. The monoisotopic (exact) mass is 780 g/mol. The molecule has 1 saturated heterocycles. The van der Waals surface area contributed by atoms with Crippen molar-refractivity contribution in [3.63, 3.8) is 0 Å². The third-order valence-electron chi connectivity index (χ3n) is 10.6. The number of urea groups is 1. The Labute approximate surface area is 326 Å². The van der Waals surface area contributed by atoms with Crippen molar-refractivity contribution in [2.75, 3.05) is 19.6 Å². The highest BCUT2D eigenvalue weighted by molar-refractivity contribution is 6.38. The number of likely N-dealkylation sites (tertiary alicyclic amines) is 1. The van der Waals surface area contributed by atoms with E-state index in [-0.39, 0.29) is 38.3 Å². The Bertz CT molecular complexity index is 1340. The lowest BCUT2D eigenvalue weighted by atomic mass is 9.70. The molecule has 1 aliphatic carbocycles. The van der Waals surface area contributed by atoms with E-state index in [1.165, 1.54) is 17.9 Å². The lowest BCUT2D eigenvalue weighted by Crippen LogP contribution is -2.63. The van der Waals surface area contributed by atoms with E-state index in [2.05, 4.69) is 33.2 Å². The Balaban J connectivity index is 2.38. The number of aliphatic hydroxyl groups is 2. The molecule has 5 amide bonds. The average Bonchev–Trinajstić information content (AvgIpc) is 3.49. The second-order valence-electron chi connectivity index (χ2n) is 17.5. The fraction of sp³-hybridized carbons (Fsp3) is 0.795. The Morgan fingerprint density at radius 3 is 2.20 bits per heavy atom. The Morgan fingerprint density at radius 1 is 1.02 bits per heavy atom. The molecule has 16 heteroatoms. The molecule has 314 valence electrons. The van der Waals surface area contributed by atoms with Crippen LogP contribution in [-0.2, 0) is 28.7 Å². The summed E-state index contributed by atoms with van der Waals surface area (Å²) in [5.74, 6) is -2.90. The summed E-state index contributed by atoms with van der Waals surface area (Å²) in [7, 11) is 0. The number of carbonyl (C=O) groups excluding carboxylic acids is 6. The molecule has 0 aromatic rings. The van der Waals surface area contributed by atoms with E-state index in [9.17, 15) is 39.0 Å². The standard InChI is InChI=1S/C39H69N7O9/c1-10-15-26(30(49)33(51)41-18-11-2)43-32(50)27-19-25(55-35(40)53)23-46(27)34(52)31(39(9)16-13-12-14-17-39)45-36(54)44-28(37(4,5)6)22-42-29(48)21-38(7,8)20-24(3)47/h11,25-29,31,35,42,48,53H,2,10,12-23,40H2,1,3-9H3,(H,41,51)(H,43,50)(H2,44,45,54)/t25-,26?,27+,28-,29?,31-,35?/m1/s1. The molecule has 16 nitrogen and oxygen atoms in total. The molecule has 0 aromatic heterocycles. The molecule has 0 aromatic carbocycles. The van der Waals surface area contributed by atoms with E-state index in [0.29, 0.717) is 32.1 Å². The molecule has 0 radical (unpaired) electrons. The summed E-state index contributed by atoms with van der Waals surface area (Å²) in [5.41, 5.74) is 3.92. The van der Waals surface area contributed by atoms with Crippen molar-refractivity contribution in [2.24, 2.45) is 22.0 Å². The van der Waals surface area contributed by atoms with Crippen molar-refractivity contribution in [1.82, 2.24) is 31.5 Å². The minimum absolute atomic E-state index is 0.0273. The van der Waals surface area contributed by atoms with E-state index in [1.807, 2.05) is 41.5 Å². The zero-order valence-corrected chi connectivity index (χ0v) is 34.3. The molecule has 1 heterocycles. The second kappa shape index (κ2) is 21.2. The number of Topliss-reactive ketones (excluding diaryl/α,β-unsaturated/α-hetero) is 2. The van der Waals surface area contributed by atoms with Gasteiger partial charge in [-0.15, -0.1) is 6.58 Å². The molecule has 3 unspecified atom stereocenters. The first-order chi connectivity index (χ1) is 25.5. The smallest absolute Gasteiger partial charge is 0.315 e. The van der Waals surface area contributed by atoms with Gasteiger partial charge in [-0.1, -0.05) is 80.2 Å². The van der Waals surface area contributed by atoms with Crippen LogP contribution < -0.4 is 32.3 Å². The van der Waals surface area contributed by atoms with Crippen molar-refractivity contribution in [3.05, 3.63) is 12.7 Å². The lowest BCUT2D eigenvalue weighted by Gasteiger charge is -2.42.